The molecule has 2 unspecified atom stereocenters. The molecule has 0 amide bonds. The summed E-state index contributed by atoms with van der Waals surface area (Å²) in [6.45, 7) is 13.0. The van der Waals surface area contributed by atoms with Crippen LogP contribution >= 0.6 is 0 Å². The van der Waals surface area contributed by atoms with E-state index in [-0.39, 0.29) is 0 Å². The Morgan fingerprint density at radius 2 is 1.50 bits per heavy atom. The van der Waals surface area contributed by atoms with Crippen molar-refractivity contribution in [2.24, 2.45) is 52.3 Å². The Bertz CT molecular complexity index is 581. The molecule has 0 heterocycles. The van der Waals surface area contributed by atoms with Gasteiger partial charge in [0.05, 0.1) is 0 Å². The molecule has 4 saturated carbocycles. The van der Waals surface area contributed by atoms with Gasteiger partial charge in [-0.1, -0.05) is 20.3 Å². The van der Waals surface area contributed by atoms with Gasteiger partial charge in [-0.3, -0.25) is 0 Å². The van der Waals surface area contributed by atoms with Crippen molar-refractivity contribution in [1.29, 1.82) is 0 Å². The van der Waals surface area contributed by atoms with Crippen molar-refractivity contribution in [3.05, 3.63) is 0 Å². The van der Waals surface area contributed by atoms with Gasteiger partial charge in [0.25, 0.3) is 0 Å². The molecule has 4 fully saturated rings. The van der Waals surface area contributed by atoms with E-state index in [0.29, 0.717) is 10.8 Å². The molecule has 4 rings (SSSR count). The summed E-state index contributed by atoms with van der Waals surface area (Å²) in [5, 5.41) is 0. The second-order valence-electron chi connectivity index (χ2n) is 14.0. The van der Waals surface area contributed by atoms with E-state index >= 15 is 0 Å². The van der Waals surface area contributed by atoms with Crippen LogP contribution in [-0.2, 0) is 0 Å². The summed E-state index contributed by atoms with van der Waals surface area (Å²) in [5.74, 6) is 12.5. The van der Waals surface area contributed by atoms with Gasteiger partial charge in [-0.05, 0) is 5.92 Å². The van der Waals surface area contributed by atoms with Crippen molar-refractivity contribution in [3.63, 3.8) is 0 Å². The van der Waals surface area contributed by atoms with Gasteiger partial charge in [0.15, 0.2) is 0 Å². The maximum absolute atomic E-state index is 2.78. The Morgan fingerprint density at radius 3 is 2.20 bits per heavy atom. The second kappa shape index (κ2) is 9.06. The number of hydrogen-bond acceptors (Lipinski definition) is 0. The second-order valence-corrected chi connectivity index (χ2v) is 21.2. The van der Waals surface area contributed by atoms with E-state index in [1.165, 1.54) is 24.0 Å². The molecule has 0 saturated heterocycles. The van der Waals surface area contributed by atoms with Crippen LogP contribution in [0.5, 0.6) is 0 Å². The molecule has 4 aliphatic carbocycles. The molecule has 0 nitrogen and oxygen atoms in total. The van der Waals surface area contributed by atoms with Crippen molar-refractivity contribution in [2.75, 3.05) is 0 Å². The molecule has 0 spiro atoms. The summed E-state index contributed by atoms with van der Waals surface area (Å²) in [4.78, 5) is 0. The quantitative estimate of drug-likeness (QED) is 0.337. The monoisotopic (exact) mass is 476 g/mol. The molecular weight excluding hydrogens is 421 g/mol. The standard InChI is InChI=1S/C29H54Ge/c1-20(2)9-8-10-21(3)25-13-14-26-24-12-11-22-19-23(30(6)7)15-17-28(22,4)27(24)16-18-29(25,26)5/h20-27,30H,8-19H2,1-7H3/t21-,22?,23?,24+,25-,26+,27+,28+,29-/m1/s1. The van der Waals surface area contributed by atoms with E-state index in [4.69, 9.17) is 0 Å². The minimum absolute atomic E-state index is 0.673. The summed E-state index contributed by atoms with van der Waals surface area (Å²) in [6, 6.07) is 0. The Balaban J connectivity index is 1.45. The Morgan fingerprint density at radius 1 is 0.800 bits per heavy atom. The molecule has 174 valence electrons. The predicted molar refractivity (Wildman–Crippen MR) is 136 cm³/mol. The van der Waals surface area contributed by atoms with Crippen LogP contribution in [0.15, 0.2) is 0 Å². The van der Waals surface area contributed by atoms with Crippen molar-refractivity contribution in [2.45, 2.75) is 128 Å². The zero-order chi connectivity index (χ0) is 21.7. The SMILES string of the molecule is CC(C)CCC[C@@H](C)[C@H]1CC[C@H]2[C@@H]3CCC4C[CH]([GeH]([CH3])[CH3])CC[C@]4(C)[C@H]3CC[C@]12C. The Kier molecular flexibility index (Phi) is 7.15. The first-order valence-corrected chi connectivity index (χ1v) is 20.4. The van der Waals surface area contributed by atoms with Crippen LogP contribution in [0.1, 0.15) is 112 Å². The maximum atomic E-state index is 2.78. The van der Waals surface area contributed by atoms with Gasteiger partial charge < -0.3 is 0 Å². The third kappa shape index (κ3) is 4.11. The first-order chi connectivity index (χ1) is 14.2. The average molecular weight is 475 g/mol. The predicted octanol–water partition coefficient (Wildman–Crippen LogP) is 8.96. The summed E-state index contributed by atoms with van der Waals surface area (Å²) in [7, 11) is 0. The van der Waals surface area contributed by atoms with Gasteiger partial charge >= 0.3 is 168 Å². The van der Waals surface area contributed by atoms with Crippen LogP contribution in [0.2, 0.25) is 16.3 Å². The molecule has 0 bridgehead atoms. The van der Waals surface area contributed by atoms with Gasteiger partial charge in [0.2, 0.25) is 0 Å². The third-order valence-corrected chi connectivity index (χ3v) is 17.1. The van der Waals surface area contributed by atoms with Crippen molar-refractivity contribution in [1.82, 2.24) is 0 Å². The molecule has 0 aliphatic heterocycles. The average Bonchev–Trinajstić information content (AvgIpc) is 3.04. The summed E-state index contributed by atoms with van der Waals surface area (Å²) in [6.07, 6.45) is 18.7. The van der Waals surface area contributed by atoms with Gasteiger partial charge in [-0.15, -0.1) is 0 Å². The fourth-order valence-electron chi connectivity index (χ4n) is 9.92. The fourth-order valence-corrected chi connectivity index (χ4v) is 13.5. The number of rotatable bonds is 6. The summed E-state index contributed by atoms with van der Waals surface area (Å²) >= 11 is -0.927. The Labute approximate surface area is 194 Å². The summed E-state index contributed by atoms with van der Waals surface area (Å²) < 4.78 is 1.20. The zero-order valence-electron chi connectivity index (χ0n) is 21.7. The van der Waals surface area contributed by atoms with E-state index in [2.05, 4.69) is 46.1 Å². The van der Waals surface area contributed by atoms with Crippen LogP contribution in [0.4, 0.5) is 0 Å². The van der Waals surface area contributed by atoms with E-state index in [9.17, 15) is 0 Å². The molecule has 0 radical (unpaired) electrons. The van der Waals surface area contributed by atoms with E-state index < -0.39 is 14.3 Å². The first-order valence-electron chi connectivity index (χ1n) is 14.2. The molecule has 0 N–H and O–H groups in total. The van der Waals surface area contributed by atoms with Crippen molar-refractivity contribution < 1.29 is 0 Å². The van der Waals surface area contributed by atoms with E-state index in [1.807, 2.05) is 0 Å². The number of fused-ring (bicyclic) bond motifs is 5. The zero-order valence-corrected chi connectivity index (χ0v) is 24.1. The fraction of sp³-hybridized carbons (Fsp3) is 1.00. The van der Waals surface area contributed by atoms with Gasteiger partial charge in [-0.25, -0.2) is 0 Å². The molecule has 0 aromatic heterocycles. The molecule has 9 atom stereocenters. The van der Waals surface area contributed by atoms with E-state index in [0.717, 1.165) is 41.4 Å². The van der Waals surface area contributed by atoms with Crippen LogP contribution in [0, 0.1) is 52.3 Å². The molecule has 0 aromatic rings. The molecular formula is C29H54Ge. The normalized spacial score (nSPS) is 47.1. The number of hydrogen-bond donors (Lipinski definition) is 0. The molecule has 0 aromatic carbocycles. The van der Waals surface area contributed by atoms with Crippen LogP contribution < -0.4 is 0 Å². The molecule has 4 aliphatic rings. The van der Waals surface area contributed by atoms with Gasteiger partial charge in [-0.2, -0.15) is 0 Å². The van der Waals surface area contributed by atoms with Gasteiger partial charge in [0.1, 0.15) is 0 Å². The Hall–Kier alpha value is 0.543. The molecule has 1 heteroatoms. The van der Waals surface area contributed by atoms with Gasteiger partial charge in [0, 0.05) is 0 Å². The molecule has 30 heavy (non-hydrogen) atoms. The van der Waals surface area contributed by atoms with Crippen molar-refractivity contribution in [3.8, 4) is 0 Å². The van der Waals surface area contributed by atoms with Crippen molar-refractivity contribution >= 4 is 14.3 Å². The summed E-state index contributed by atoms with van der Waals surface area (Å²) in [5.41, 5.74) is 1.38. The topological polar surface area (TPSA) is 0 Å². The first kappa shape index (κ1) is 23.7. The van der Waals surface area contributed by atoms with Crippen LogP contribution in [0.3, 0.4) is 0 Å². The third-order valence-electron chi connectivity index (χ3n) is 11.9. The van der Waals surface area contributed by atoms with Crippen LogP contribution in [0.25, 0.3) is 0 Å². The minimum atomic E-state index is -0.927. The van der Waals surface area contributed by atoms with Crippen LogP contribution in [-0.4, -0.2) is 14.3 Å². The van der Waals surface area contributed by atoms with E-state index in [1.54, 1.807) is 57.8 Å².